The number of aryl methyl sites for hydroxylation is 3. The maximum absolute atomic E-state index is 13.0. The Morgan fingerprint density at radius 3 is 2.48 bits per heavy atom. The van der Waals surface area contributed by atoms with Gasteiger partial charge in [0.05, 0.1) is 5.69 Å². The van der Waals surface area contributed by atoms with Crippen LogP contribution >= 0.6 is 11.8 Å². The van der Waals surface area contributed by atoms with Crippen LogP contribution in [0.3, 0.4) is 0 Å². The van der Waals surface area contributed by atoms with Gasteiger partial charge in [-0.3, -0.25) is 14.5 Å². The van der Waals surface area contributed by atoms with E-state index in [0.29, 0.717) is 0 Å². The smallest absolute Gasteiger partial charge is 0.242 e. The average Bonchev–Trinajstić information content (AvgIpc) is 3.46. The largest absolute Gasteiger partial charge is 0.326 e. The Balaban J connectivity index is 1.51. The van der Waals surface area contributed by atoms with Crippen molar-refractivity contribution in [2.45, 2.75) is 51.3 Å². The van der Waals surface area contributed by atoms with Gasteiger partial charge >= 0.3 is 0 Å². The molecule has 29 heavy (non-hydrogen) atoms. The number of anilines is 1. The predicted octanol–water partition coefficient (Wildman–Crippen LogP) is 4.73. The van der Waals surface area contributed by atoms with Gasteiger partial charge in [0.25, 0.3) is 0 Å². The molecule has 2 fully saturated rings. The molecular formula is C23H25N3O2S. The van der Waals surface area contributed by atoms with Crippen LogP contribution in [0.5, 0.6) is 0 Å². The standard InChI is InChI=1S/C23H25N3O2S/c1-14-5-8-17(9-6-14)24-21(27)13-20-22(28)26(18-10-11-18)23(29-20)25-19-12-15(2)4-7-16(19)3/h4-9,12,18,20H,10-11,13H2,1-3H3,(H,24,27)/t20-/m0/s1. The van der Waals surface area contributed by atoms with Gasteiger partial charge in [-0.05, 0) is 62.9 Å². The average molecular weight is 408 g/mol. The summed E-state index contributed by atoms with van der Waals surface area (Å²) in [4.78, 5) is 32.2. The van der Waals surface area contributed by atoms with Crippen molar-refractivity contribution in [3.63, 3.8) is 0 Å². The van der Waals surface area contributed by atoms with E-state index in [-0.39, 0.29) is 24.3 Å². The summed E-state index contributed by atoms with van der Waals surface area (Å²) in [6.07, 6.45) is 2.15. The lowest BCUT2D eigenvalue weighted by atomic mass is 10.1. The molecule has 1 aliphatic carbocycles. The normalized spacial score (nSPS) is 20.4. The molecule has 1 saturated carbocycles. The fourth-order valence-electron chi connectivity index (χ4n) is 3.32. The molecule has 1 aliphatic heterocycles. The van der Waals surface area contributed by atoms with Crippen LogP contribution in [0.2, 0.25) is 0 Å². The maximum Gasteiger partial charge on any atom is 0.242 e. The third-order valence-electron chi connectivity index (χ3n) is 5.17. The Hall–Kier alpha value is -2.60. The van der Waals surface area contributed by atoms with E-state index in [1.807, 2.05) is 62.1 Å². The number of amidine groups is 1. The number of aliphatic imine (C=N–C) groups is 1. The summed E-state index contributed by atoms with van der Waals surface area (Å²) >= 11 is 1.41. The van der Waals surface area contributed by atoms with Gasteiger partial charge in [0.15, 0.2) is 5.17 Å². The van der Waals surface area contributed by atoms with Crippen molar-refractivity contribution < 1.29 is 9.59 Å². The minimum absolute atomic E-state index is 0.000567. The first-order chi connectivity index (χ1) is 13.9. The lowest BCUT2D eigenvalue weighted by Crippen LogP contribution is -2.35. The molecule has 6 heteroatoms. The van der Waals surface area contributed by atoms with E-state index in [2.05, 4.69) is 11.4 Å². The molecule has 0 unspecified atom stereocenters. The second-order valence-corrected chi connectivity index (χ2v) is 9.02. The van der Waals surface area contributed by atoms with Gasteiger partial charge in [-0.25, -0.2) is 4.99 Å². The van der Waals surface area contributed by atoms with Gasteiger partial charge in [-0.1, -0.05) is 41.6 Å². The monoisotopic (exact) mass is 407 g/mol. The van der Waals surface area contributed by atoms with Crippen LogP contribution < -0.4 is 5.32 Å². The Morgan fingerprint density at radius 1 is 1.10 bits per heavy atom. The van der Waals surface area contributed by atoms with Crippen molar-refractivity contribution in [3.8, 4) is 0 Å². The van der Waals surface area contributed by atoms with Gasteiger partial charge in [0.2, 0.25) is 11.8 Å². The summed E-state index contributed by atoms with van der Waals surface area (Å²) in [5, 5.41) is 3.19. The molecule has 2 amide bonds. The molecule has 1 heterocycles. The van der Waals surface area contributed by atoms with E-state index in [1.54, 1.807) is 0 Å². The van der Waals surface area contributed by atoms with Crippen molar-refractivity contribution in [2.75, 3.05) is 5.32 Å². The molecule has 2 aliphatic rings. The predicted molar refractivity (Wildman–Crippen MR) is 119 cm³/mol. The number of carbonyl (C=O) groups excluding carboxylic acids is 2. The summed E-state index contributed by atoms with van der Waals surface area (Å²) in [5.41, 5.74) is 4.98. The Morgan fingerprint density at radius 2 is 1.79 bits per heavy atom. The number of nitrogens with zero attached hydrogens (tertiary/aromatic N) is 2. The van der Waals surface area contributed by atoms with Crippen LogP contribution in [-0.4, -0.2) is 33.2 Å². The second kappa shape index (κ2) is 8.03. The zero-order chi connectivity index (χ0) is 20.5. The molecule has 0 spiro atoms. The van der Waals surface area contributed by atoms with Gasteiger partial charge in [-0.15, -0.1) is 0 Å². The molecule has 150 valence electrons. The summed E-state index contributed by atoms with van der Waals surface area (Å²) in [7, 11) is 0. The second-order valence-electron chi connectivity index (χ2n) is 7.85. The van der Waals surface area contributed by atoms with E-state index < -0.39 is 5.25 Å². The number of benzene rings is 2. The fraction of sp³-hybridized carbons (Fsp3) is 0.348. The van der Waals surface area contributed by atoms with E-state index in [1.165, 1.54) is 11.8 Å². The van der Waals surface area contributed by atoms with E-state index >= 15 is 0 Å². The van der Waals surface area contributed by atoms with Crippen LogP contribution in [0, 0.1) is 20.8 Å². The zero-order valence-corrected chi connectivity index (χ0v) is 17.8. The Kier molecular flexibility index (Phi) is 5.46. The Bertz CT molecular complexity index is 980. The van der Waals surface area contributed by atoms with Crippen molar-refractivity contribution in [1.82, 2.24) is 4.90 Å². The molecule has 2 aromatic rings. The first-order valence-corrected chi connectivity index (χ1v) is 10.8. The minimum Gasteiger partial charge on any atom is -0.326 e. The molecule has 0 bridgehead atoms. The summed E-state index contributed by atoms with van der Waals surface area (Å²) in [6, 6.07) is 14.0. The number of hydrogen-bond donors (Lipinski definition) is 1. The molecule has 1 saturated heterocycles. The molecule has 1 N–H and O–H groups in total. The molecule has 0 aromatic heterocycles. The first-order valence-electron chi connectivity index (χ1n) is 9.93. The summed E-state index contributed by atoms with van der Waals surface area (Å²) in [6.45, 7) is 6.06. The molecule has 5 nitrogen and oxygen atoms in total. The van der Waals surface area contributed by atoms with Gasteiger partial charge in [0.1, 0.15) is 5.25 Å². The molecule has 1 atom stereocenters. The maximum atomic E-state index is 13.0. The van der Waals surface area contributed by atoms with Crippen LogP contribution in [0.15, 0.2) is 47.5 Å². The highest BCUT2D eigenvalue weighted by Gasteiger charge is 2.46. The van der Waals surface area contributed by atoms with Crippen molar-refractivity contribution in [1.29, 1.82) is 0 Å². The number of thioether (sulfide) groups is 1. The number of hydrogen-bond acceptors (Lipinski definition) is 4. The summed E-state index contributed by atoms with van der Waals surface area (Å²) < 4.78 is 0. The molecule has 0 radical (unpaired) electrons. The van der Waals surface area contributed by atoms with Crippen molar-refractivity contribution in [2.24, 2.45) is 4.99 Å². The molecular weight excluding hydrogens is 382 g/mol. The van der Waals surface area contributed by atoms with E-state index in [9.17, 15) is 9.59 Å². The number of nitrogens with one attached hydrogen (secondary N) is 1. The molecule has 4 rings (SSSR count). The van der Waals surface area contributed by atoms with Crippen molar-refractivity contribution >= 4 is 40.1 Å². The van der Waals surface area contributed by atoms with Crippen LogP contribution in [-0.2, 0) is 9.59 Å². The first kappa shape index (κ1) is 19.7. The van der Waals surface area contributed by atoms with E-state index in [4.69, 9.17) is 4.99 Å². The third kappa shape index (κ3) is 4.53. The third-order valence-corrected chi connectivity index (χ3v) is 6.32. The van der Waals surface area contributed by atoms with Crippen LogP contribution in [0.4, 0.5) is 11.4 Å². The SMILES string of the molecule is Cc1ccc(NC(=O)C[C@@H]2SC(=Nc3cc(C)ccc3C)N(C3CC3)C2=O)cc1. The zero-order valence-electron chi connectivity index (χ0n) is 16.9. The minimum atomic E-state index is -0.426. The van der Waals surface area contributed by atoms with Gasteiger partial charge < -0.3 is 5.32 Å². The van der Waals surface area contributed by atoms with Crippen LogP contribution in [0.25, 0.3) is 0 Å². The highest BCUT2D eigenvalue weighted by Crippen LogP contribution is 2.40. The Labute approximate surface area is 175 Å². The van der Waals surface area contributed by atoms with Gasteiger partial charge in [0, 0.05) is 18.2 Å². The highest BCUT2D eigenvalue weighted by atomic mass is 32.2. The highest BCUT2D eigenvalue weighted by molar-refractivity contribution is 8.15. The lowest BCUT2D eigenvalue weighted by molar-refractivity contribution is -0.128. The quantitative estimate of drug-likeness (QED) is 0.779. The summed E-state index contributed by atoms with van der Waals surface area (Å²) in [5.74, 6) is -0.149. The molecule has 2 aromatic carbocycles. The van der Waals surface area contributed by atoms with Crippen molar-refractivity contribution in [3.05, 3.63) is 59.2 Å². The lowest BCUT2D eigenvalue weighted by Gasteiger charge is -2.15. The number of carbonyl (C=O) groups is 2. The van der Waals surface area contributed by atoms with Crippen LogP contribution in [0.1, 0.15) is 36.0 Å². The fourth-order valence-corrected chi connectivity index (χ4v) is 4.53. The van der Waals surface area contributed by atoms with Gasteiger partial charge in [-0.2, -0.15) is 0 Å². The number of rotatable bonds is 5. The topological polar surface area (TPSA) is 61.8 Å². The van der Waals surface area contributed by atoms with E-state index in [0.717, 1.165) is 46.1 Å². The number of amides is 2.